The third-order valence-corrected chi connectivity index (χ3v) is 6.02. The number of rotatable bonds is 3. The normalized spacial score (nSPS) is 19.5. The van der Waals surface area contributed by atoms with Gasteiger partial charge in [0, 0.05) is 16.8 Å². The first-order chi connectivity index (χ1) is 15.1. The smallest absolute Gasteiger partial charge is 0.220 e. The third kappa shape index (κ3) is 3.48. The molecule has 1 saturated carbocycles. The van der Waals surface area contributed by atoms with E-state index >= 15 is 0 Å². The molecule has 2 aromatic rings. The molecule has 0 unspecified atom stereocenters. The molecule has 160 valence electrons. The summed E-state index contributed by atoms with van der Waals surface area (Å²) in [7, 11) is 0. The Bertz CT molecular complexity index is 1090. The molecule has 1 spiro atoms. The number of carbonyl (C=O) groups excluding carboxylic acids is 1. The lowest BCUT2D eigenvalue weighted by atomic mass is 9.87. The van der Waals surface area contributed by atoms with Crippen LogP contribution in [0.25, 0.3) is 0 Å². The SMILES string of the molecule is NC1=NC2(CCCCC2)N(c2cccc(C(=O)c3ccc4c(c3)OCCO4)c2)C(N)=N1. The topological polar surface area (TPSA) is 116 Å². The van der Waals surface area contributed by atoms with E-state index in [9.17, 15) is 4.79 Å². The number of carbonyl (C=O) groups is 1. The number of nitrogens with zero attached hydrogens (tertiary/aromatic N) is 3. The lowest BCUT2D eigenvalue weighted by molar-refractivity contribution is 0.103. The maximum atomic E-state index is 13.2. The minimum absolute atomic E-state index is 0.105. The highest BCUT2D eigenvalue weighted by atomic mass is 16.6. The minimum Gasteiger partial charge on any atom is -0.486 e. The van der Waals surface area contributed by atoms with Crippen LogP contribution in [0.1, 0.15) is 48.0 Å². The molecule has 2 heterocycles. The molecule has 0 radical (unpaired) electrons. The van der Waals surface area contributed by atoms with Crippen molar-refractivity contribution in [2.45, 2.75) is 37.8 Å². The zero-order valence-corrected chi connectivity index (χ0v) is 17.2. The van der Waals surface area contributed by atoms with Gasteiger partial charge < -0.3 is 20.9 Å². The van der Waals surface area contributed by atoms with E-state index in [0.29, 0.717) is 41.8 Å². The van der Waals surface area contributed by atoms with Gasteiger partial charge in [-0.05, 0) is 56.0 Å². The quantitative estimate of drug-likeness (QED) is 0.739. The predicted octanol–water partition coefficient (Wildman–Crippen LogP) is 2.80. The highest BCUT2D eigenvalue weighted by Gasteiger charge is 2.42. The molecule has 0 atom stereocenters. The molecular formula is C23H25N5O3. The van der Waals surface area contributed by atoms with Crippen LogP contribution in [0.3, 0.4) is 0 Å². The lowest BCUT2D eigenvalue weighted by Crippen LogP contribution is -2.58. The van der Waals surface area contributed by atoms with Crippen molar-refractivity contribution >= 4 is 23.4 Å². The van der Waals surface area contributed by atoms with Crippen molar-refractivity contribution in [3.8, 4) is 11.5 Å². The molecule has 5 rings (SSSR count). The van der Waals surface area contributed by atoms with Gasteiger partial charge in [0.05, 0.1) is 0 Å². The van der Waals surface area contributed by atoms with E-state index in [1.54, 1.807) is 24.3 Å². The molecule has 2 aliphatic heterocycles. The molecular weight excluding hydrogens is 394 g/mol. The highest BCUT2D eigenvalue weighted by molar-refractivity contribution is 6.11. The number of benzene rings is 2. The maximum absolute atomic E-state index is 13.2. The van der Waals surface area contributed by atoms with Crippen molar-refractivity contribution in [2.24, 2.45) is 21.5 Å². The van der Waals surface area contributed by atoms with Crippen LogP contribution in [0.4, 0.5) is 5.69 Å². The van der Waals surface area contributed by atoms with Crippen LogP contribution >= 0.6 is 0 Å². The van der Waals surface area contributed by atoms with Gasteiger partial charge in [-0.1, -0.05) is 18.6 Å². The van der Waals surface area contributed by atoms with Crippen molar-refractivity contribution < 1.29 is 14.3 Å². The lowest BCUT2D eigenvalue weighted by Gasteiger charge is -2.45. The van der Waals surface area contributed by atoms with E-state index in [2.05, 4.69) is 4.99 Å². The molecule has 3 aliphatic rings. The first-order valence-corrected chi connectivity index (χ1v) is 10.6. The van der Waals surface area contributed by atoms with Crippen molar-refractivity contribution in [3.05, 3.63) is 53.6 Å². The molecule has 1 fully saturated rings. The molecule has 8 nitrogen and oxygen atoms in total. The first kappa shape index (κ1) is 19.4. The average molecular weight is 419 g/mol. The van der Waals surface area contributed by atoms with E-state index in [0.717, 1.165) is 37.8 Å². The Kier molecular flexibility index (Phi) is 4.77. The number of hydrogen-bond acceptors (Lipinski definition) is 8. The van der Waals surface area contributed by atoms with Crippen molar-refractivity contribution in [2.75, 3.05) is 18.1 Å². The monoisotopic (exact) mass is 419 g/mol. The summed E-state index contributed by atoms with van der Waals surface area (Å²) >= 11 is 0. The van der Waals surface area contributed by atoms with Gasteiger partial charge >= 0.3 is 0 Å². The summed E-state index contributed by atoms with van der Waals surface area (Å²) in [4.78, 5) is 24.1. The summed E-state index contributed by atoms with van der Waals surface area (Å²) in [6, 6.07) is 12.7. The van der Waals surface area contributed by atoms with Gasteiger partial charge in [-0.15, -0.1) is 0 Å². The molecule has 0 amide bonds. The van der Waals surface area contributed by atoms with E-state index in [1.807, 2.05) is 23.1 Å². The molecule has 0 bridgehead atoms. The Balaban J connectivity index is 1.50. The van der Waals surface area contributed by atoms with Crippen molar-refractivity contribution in [1.29, 1.82) is 0 Å². The van der Waals surface area contributed by atoms with Crippen LogP contribution < -0.4 is 25.8 Å². The number of guanidine groups is 2. The summed E-state index contributed by atoms with van der Waals surface area (Å²) in [6.07, 6.45) is 4.91. The number of fused-ring (bicyclic) bond motifs is 1. The van der Waals surface area contributed by atoms with E-state index in [4.69, 9.17) is 25.9 Å². The number of nitrogens with two attached hydrogens (primary N) is 2. The second kappa shape index (κ2) is 7.61. The van der Waals surface area contributed by atoms with Gasteiger partial charge in [0.1, 0.15) is 18.9 Å². The number of hydrogen-bond donors (Lipinski definition) is 2. The van der Waals surface area contributed by atoms with Crippen LogP contribution in [0.2, 0.25) is 0 Å². The molecule has 0 saturated heterocycles. The summed E-state index contributed by atoms with van der Waals surface area (Å²) in [5.41, 5.74) is 13.6. The molecule has 4 N–H and O–H groups in total. The number of ketones is 1. The molecule has 1 aliphatic carbocycles. The molecule has 0 aromatic heterocycles. The predicted molar refractivity (Wildman–Crippen MR) is 119 cm³/mol. The van der Waals surface area contributed by atoms with Crippen molar-refractivity contribution in [1.82, 2.24) is 0 Å². The van der Waals surface area contributed by atoms with Crippen LogP contribution in [-0.4, -0.2) is 36.6 Å². The molecule has 2 aromatic carbocycles. The summed E-state index contributed by atoms with van der Waals surface area (Å²) in [5.74, 6) is 1.65. The van der Waals surface area contributed by atoms with Crippen LogP contribution in [-0.2, 0) is 0 Å². The van der Waals surface area contributed by atoms with Gasteiger partial charge in [0.15, 0.2) is 17.3 Å². The van der Waals surface area contributed by atoms with Gasteiger partial charge in [0.2, 0.25) is 11.9 Å². The van der Waals surface area contributed by atoms with E-state index in [1.165, 1.54) is 0 Å². The fraction of sp³-hybridized carbons (Fsp3) is 0.348. The van der Waals surface area contributed by atoms with Gasteiger partial charge in [-0.3, -0.25) is 9.69 Å². The minimum atomic E-state index is -0.549. The van der Waals surface area contributed by atoms with Crippen molar-refractivity contribution in [3.63, 3.8) is 0 Å². The van der Waals surface area contributed by atoms with Crippen LogP contribution in [0.5, 0.6) is 11.5 Å². The highest BCUT2D eigenvalue weighted by Crippen LogP contribution is 2.40. The van der Waals surface area contributed by atoms with E-state index in [-0.39, 0.29) is 11.7 Å². The zero-order chi connectivity index (χ0) is 21.4. The van der Waals surface area contributed by atoms with E-state index < -0.39 is 5.66 Å². The number of anilines is 1. The molecule has 31 heavy (non-hydrogen) atoms. The Hall–Kier alpha value is -3.55. The fourth-order valence-electron chi connectivity index (χ4n) is 4.63. The number of aliphatic imine (C=N–C) groups is 2. The van der Waals surface area contributed by atoms with Gasteiger partial charge in [-0.2, -0.15) is 4.99 Å². The van der Waals surface area contributed by atoms with Crippen LogP contribution in [0.15, 0.2) is 52.4 Å². The summed E-state index contributed by atoms with van der Waals surface area (Å²) < 4.78 is 11.2. The largest absolute Gasteiger partial charge is 0.486 e. The molecule has 8 heteroatoms. The second-order valence-electron chi connectivity index (χ2n) is 8.06. The first-order valence-electron chi connectivity index (χ1n) is 10.6. The van der Waals surface area contributed by atoms with Crippen LogP contribution in [0, 0.1) is 0 Å². The Morgan fingerprint density at radius 1 is 0.935 bits per heavy atom. The van der Waals surface area contributed by atoms with Gasteiger partial charge in [-0.25, -0.2) is 4.99 Å². The second-order valence-corrected chi connectivity index (χ2v) is 8.06. The third-order valence-electron chi connectivity index (χ3n) is 6.02. The average Bonchev–Trinajstić information content (AvgIpc) is 2.78. The number of ether oxygens (including phenoxy) is 2. The maximum Gasteiger partial charge on any atom is 0.220 e. The fourth-order valence-corrected chi connectivity index (χ4v) is 4.63. The Labute approximate surface area is 180 Å². The Morgan fingerprint density at radius 2 is 1.68 bits per heavy atom. The Morgan fingerprint density at radius 3 is 2.48 bits per heavy atom. The summed E-state index contributed by atoms with van der Waals surface area (Å²) in [5, 5.41) is 0. The zero-order valence-electron chi connectivity index (χ0n) is 17.2. The van der Waals surface area contributed by atoms with Gasteiger partial charge in [0.25, 0.3) is 0 Å². The summed E-state index contributed by atoms with van der Waals surface area (Å²) in [6.45, 7) is 0.981. The standard InChI is InChI=1S/C23H25N5O3/c24-21-26-22(25)28(23(27-21)9-2-1-3-10-23)17-6-4-5-15(13-17)20(29)16-7-8-18-19(14-16)31-12-11-30-18/h4-8,13-14H,1-3,9-12H2,(H4,24,25,26,27).